The SMILES string of the molecule is OC(c1ccc(Cl)cc1)[C@@H]1[C@H](COCc2ccccc2)C1(F)F. The Morgan fingerprint density at radius 2 is 1.74 bits per heavy atom. The molecule has 5 heteroatoms. The van der Waals surface area contributed by atoms with Crippen molar-refractivity contribution in [3.05, 3.63) is 70.7 Å². The van der Waals surface area contributed by atoms with Crippen molar-refractivity contribution >= 4 is 11.6 Å². The fraction of sp³-hybridized carbons (Fsp3) is 0.333. The zero-order chi connectivity index (χ0) is 16.4. The molecule has 0 saturated heterocycles. The molecule has 0 spiro atoms. The molecule has 0 aromatic heterocycles. The van der Waals surface area contributed by atoms with E-state index in [4.69, 9.17) is 16.3 Å². The molecular weight excluding hydrogens is 322 g/mol. The molecule has 0 heterocycles. The normalized spacial score (nSPS) is 23.5. The number of halogens is 3. The molecule has 1 saturated carbocycles. The van der Waals surface area contributed by atoms with Crippen molar-refractivity contribution in [2.75, 3.05) is 6.61 Å². The number of hydrogen-bond donors (Lipinski definition) is 1. The van der Waals surface area contributed by atoms with E-state index < -0.39 is 23.9 Å². The first kappa shape index (κ1) is 16.4. The first-order chi connectivity index (χ1) is 11.0. The Balaban J connectivity index is 1.57. The lowest BCUT2D eigenvalue weighted by Crippen LogP contribution is -2.06. The average Bonchev–Trinajstić information content (AvgIpc) is 3.09. The van der Waals surface area contributed by atoms with Crippen LogP contribution in [0.15, 0.2) is 54.6 Å². The van der Waals surface area contributed by atoms with Gasteiger partial charge in [0.2, 0.25) is 0 Å². The van der Waals surface area contributed by atoms with Crippen LogP contribution in [0.5, 0.6) is 0 Å². The summed E-state index contributed by atoms with van der Waals surface area (Å²) in [5.41, 5.74) is 1.39. The van der Waals surface area contributed by atoms with Gasteiger partial charge in [0.25, 0.3) is 5.92 Å². The van der Waals surface area contributed by atoms with Crippen LogP contribution in [0, 0.1) is 11.8 Å². The third kappa shape index (κ3) is 3.55. The molecule has 1 unspecified atom stereocenters. The fourth-order valence-electron chi connectivity index (χ4n) is 2.81. The molecule has 1 fully saturated rings. The molecule has 0 aliphatic heterocycles. The molecule has 3 atom stereocenters. The zero-order valence-electron chi connectivity index (χ0n) is 12.3. The first-order valence-corrected chi connectivity index (χ1v) is 7.81. The van der Waals surface area contributed by atoms with Gasteiger partial charge in [0.05, 0.1) is 31.2 Å². The number of aliphatic hydroxyl groups is 1. The van der Waals surface area contributed by atoms with Gasteiger partial charge in [-0.2, -0.15) is 0 Å². The summed E-state index contributed by atoms with van der Waals surface area (Å²) < 4.78 is 33.3. The van der Waals surface area contributed by atoms with Gasteiger partial charge in [-0.25, -0.2) is 8.78 Å². The largest absolute Gasteiger partial charge is 0.388 e. The van der Waals surface area contributed by atoms with Crippen LogP contribution in [-0.2, 0) is 11.3 Å². The Morgan fingerprint density at radius 3 is 2.39 bits per heavy atom. The van der Waals surface area contributed by atoms with Crippen molar-refractivity contribution in [3.63, 3.8) is 0 Å². The molecule has 1 aliphatic carbocycles. The second kappa shape index (κ2) is 6.56. The monoisotopic (exact) mass is 338 g/mol. The molecule has 0 bridgehead atoms. The van der Waals surface area contributed by atoms with E-state index in [0.29, 0.717) is 10.6 Å². The summed E-state index contributed by atoms with van der Waals surface area (Å²) in [6, 6.07) is 15.7. The van der Waals surface area contributed by atoms with Crippen molar-refractivity contribution in [1.82, 2.24) is 0 Å². The van der Waals surface area contributed by atoms with Gasteiger partial charge < -0.3 is 9.84 Å². The van der Waals surface area contributed by atoms with Crippen LogP contribution >= 0.6 is 11.6 Å². The minimum Gasteiger partial charge on any atom is -0.388 e. The topological polar surface area (TPSA) is 29.5 Å². The third-order valence-corrected chi connectivity index (χ3v) is 4.48. The van der Waals surface area contributed by atoms with Crippen LogP contribution in [0.4, 0.5) is 8.78 Å². The zero-order valence-corrected chi connectivity index (χ0v) is 13.1. The van der Waals surface area contributed by atoms with E-state index in [9.17, 15) is 13.9 Å². The molecule has 0 amide bonds. The smallest absolute Gasteiger partial charge is 0.259 e. The number of benzene rings is 2. The van der Waals surface area contributed by atoms with Crippen molar-refractivity contribution in [2.45, 2.75) is 18.6 Å². The minimum atomic E-state index is -2.91. The lowest BCUT2D eigenvalue weighted by atomic mass is 10.0. The van der Waals surface area contributed by atoms with Gasteiger partial charge in [-0.3, -0.25) is 0 Å². The maximum Gasteiger partial charge on any atom is 0.259 e. The molecule has 2 aromatic carbocycles. The summed E-state index contributed by atoms with van der Waals surface area (Å²) >= 11 is 5.77. The molecule has 1 aliphatic rings. The maximum atomic E-state index is 13.9. The highest BCUT2D eigenvalue weighted by Gasteiger charge is 2.70. The Morgan fingerprint density at radius 1 is 1.09 bits per heavy atom. The highest BCUT2D eigenvalue weighted by Crippen LogP contribution is 2.60. The van der Waals surface area contributed by atoms with Crippen LogP contribution in [0.3, 0.4) is 0 Å². The van der Waals surface area contributed by atoms with Crippen molar-refractivity contribution in [1.29, 1.82) is 0 Å². The number of ether oxygens (including phenoxy) is 1. The van der Waals surface area contributed by atoms with Gasteiger partial charge in [-0.05, 0) is 23.3 Å². The second-order valence-corrected chi connectivity index (χ2v) is 6.24. The van der Waals surface area contributed by atoms with E-state index in [1.54, 1.807) is 24.3 Å². The van der Waals surface area contributed by atoms with Crippen LogP contribution in [0.25, 0.3) is 0 Å². The summed E-state index contributed by atoms with van der Waals surface area (Å²) in [5.74, 6) is -4.98. The van der Waals surface area contributed by atoms with E-state index in [0.717, 1.165) is 5.56 Å². The lowest BCUT2D eigenvalue weighted by Gasteiger charge is -2.10. The van der Waals surface area contributed by atoms with E-state index in [-0.39, 0.29) is 13.2 Å². The fourth-order valence-corrected chi connectivity index (χ4v) is 2.93. The van der Waals surface area contributed by atoms with Crippen LogP contribution in [-0.4, -0.2) is 17.6 Å². The van der Waals surface area contributed by atoms with E-state index in [2.05, 4.69) is 0 Å². The Hall–Kier alpha value is -1.49. The van der Waals surface area contributed by atoms with E-state index in [1.165, 1.54) is 0 Å². The molecule has 23 heavy (non-hydrogen) atoms. The molecule has 2 aromatic rings. The average molecular weight is 339 g/mol. The van der Waals surface area contributed by atoms with E-state index >= 15 is 0 Å². The standard InChI is InChI=1S/C18H17ClF2O2/c19-14-8-6-13(7-9-14)17(22)16-15(18(16,20)21)11-23-10-12-4-2-1-3-5-12/h1-9,15-17,22H,10-11H2/t15-,16-,17?/m0/s1. The number of alkyl halides is 2. The first-order valence-electron chi connectivity index (χ1n) is 7.43. The maximum absolute atomic E-state index is 13.9. The Bertz CT molecular complexity index is 646. The Labute approximate surface area is 138 Å². The van der Waals surface area contributed by atoms with Gasteiger partial charge in [-0.1, -0.05) is 54.1 Å². The van der Waals surface area contributed by atoms with Crippen LogP contribution < -0.4 is 0 Å². The molecule has 1 N–H and O–H groups in total. The molecule has 0 radical (unpaired) electrons. The number of hydrogen-bond acceptors (Lipinski definition) is 2. The third-order valence-electron chi connectivity index (χ3n) is 4.22. The predicted octanol–water partition coefficient (Wildman–Crippen LogP) is 4.47. The van der Waals surface area contributed by atoms with Crippen molar-refractivity contribution < 1.29 is 18.6 Å². The number of aliphatic hydroxyl groups excluding tert-OH is 1. The van der Waals surface area contributed by atoms with Gasteiger partial charge in [0.15, 0.2) is 0 Å². The number of rotatable bonds is 6. The van der Waals surface area contributed by atoms with Crippen molar-refractivity contribution in [2.24, 2.45) is 11.8 Å². The lowest BCUT2D eigenvalue weighted by molar-refractivity contribution is 0.0336. The predicted molar refractivity (Wildman–Crippen MR) is 84.4 cm³/mol. The highest BCUT2D eigenvalue weighted by molar-refractivity contribution is 6.30. The van der Waals surface area contributed by atoms with Gasteiger partial charge in [0, 0.05) is 5.02 Å². The van der Waals surface area contributed by atoms with E-state index in [1.807, 2.05) is 30.3 Å². The van der Waals surface area contributed by atoms with Gasteiger partial charge >= 0.3 is 0 Å². The molecule has 122 valence electrons. The van der Waals surface area contributed by atoms with Crippen LogP contribution in [0.2, 0.25) is 5.02 Å². The summed E-state index contributed by atoms with van der Waals surface area (Å²) in [6.45, 7) is 0.217. The highest BCUT2D eigenvalue weighted by atomic mass is 35.5. The summed E-state index contributed by atoms with van der Waals surface area (Å²) in [5, 5.41) is 10.7. The molecule has 3 rings (SSSR count). The molecule has 2 nitrogen and oxygen atoms in total. The van der Waals surface area contributed by atoms with Gasteiger partial charge in [0.1, 0.15) is 0 Å². The summed E-state index contributed by atoms with van der Waals surface area (Å²) in [6.07, 6.45) is -1.22. The van der Waals surface area contributed by atoms with Gasteiger partial charge in [-0.15, -0.1) is 0 Å². The Kier molecular flexibility index (Phi) is 4.67. The second-order valence-electron chi connectivity index (χ2n) is 5.80. The summed E-state index contributed by atoms with van der Waals surface area (Å²) in [4.78, 5) is 0. The quantitative estimate of drug-likeness (QED) is 0.842. The summed E-state index contributed by atoms with van der Waals surface area (Å²) in [7, 11) is 0. The minimum absolute atomic E-state index is 0.0722. The van der Waals surface area contributed by atoms with Crippen LogP contribution in [0.1, 0.15) is 17.2 Å². The molecular formula is C18H17ClF2O2. The van der Waals surface area contributed by atoms with Crippen molar-refractivity contribution in [3.8, 4) is 0 Å².